The summed E-state index contributed by atoms with van der Waals surface area (Å²) in [4.78, 5) is 0. The van der Waals surface area contributed by atoms with E-state index in [1.807, 2.05) is 0 Å². The van der Waals surface area contributed by atoms with Gasteiger partial charge in [0.1, 0.15) is 0 Å². The number of piperidine rings is 1. The summed E-state index contributed by atoms with van der Waals surface area (Å²) in [6, 6.07) is 0. The van der Waals surface area contributed by atoms with Crippen molar-refractivity contribution >= 4 is 20.1 Å². The molecular weight excluding hydrogens is 378 g/mol. The number of halogens is 4. The van der Waals surface area contributed by atoms with Crippen LogP contribution in [0.5, 0.6) is 0 Å². The lowest BCUT2D eigenvalue weighted by molar-refractivity contribution is -0.0229. The first-order valence-corrected chi connectivity index (χ1v) is 10.5. The van der Waals surface area contributed by atoms with Crippen molar-refractivity contribution in [1.82, 2.24) is 4.31 Å². The molecule has 24 heavy (non-hydrogen) atoms. The predicted molar refractivity (Wildman–Crippen MR) is 76.8 cm³/mol. The molecule has 1 saturated heterocycles. The Hall–Kier alpha value is -0.460. The molecule has 0 aromatic carbocycles. The summed E-state index contributed by atoms with van der Waals surface area (Å²) < 4.78 is 108. The zero-order valence-electron chi connectivity index (χ0n) is 12.6. The standard InChI is InChI=1S/C12H19F4NO5S2/c13-10(12(15,16)24(20,21)22)11(14)23(18,19)17-6-5-8-3-1-2-4-9(8)7-17/h8-11H,1-7H2,(H,20,21,22). The number of alkyl halides is 4. The van der Waals surface area contributed by atoms with Gasteiger partial charge in [0, 0.05) is 13.1 Å². The van der Waals surface area contributed by atoms with E-state index in [0.717, 1.165) is 19.3 Å². The molecule has 1 aliphatic carbocycles. The maximum Gasteiger partial charge on any atom is 0.404 e. The fraction of sp³-hybridized carbons (Fsp3) is 1.00. The molecular formula is C12H19F4NO5S2. The van der Waals surface area contributed by atoms with Crippen LogP contribution in [-0.2, 0) is 20.1 Å². The second-order valence-electron chi connectivity index (χ2n) is 6.29. The van der Waals surface area contributed by atoms with Crippen molar-refractivity contribution in [2.75, 3.05) is 13.1 Å². The lowest BCUT2D eigenvalue weighted by Gasteiger charge is -2.41. The topological polar surface area (TPSA) is 91.8 Å². The molecule has 0 aromatic rings. The quantitative estimate of drug-likeness (QED) is 0.566. The van der Waals surface area contributed by atoms with Crippen LogP contribution in [0.3, 0.4) is 0 Å². The molecule has 2 fully saturated rings. The molecule has 12 heteroatoms. The fourth-order valence-electron chi connectivity index (χ4n) is 3.39. The van der Waals surface area contributed by atoms with E-state index in [0.29, 0.717) is 17.1 Å². The molecule has 0 amide bonds. The molecule has 4 unspecified atom stereocenters. The van der Waals surface area contributed by atoms with Crippen molar-refractivity contribution in [3.63, 3.8) is 0 Å². The molecule has 2 aliphatic rings. The number of hydrogen-bond donors (Lipinski definition) is 1. The first-order valence-electron chi connectivity index (χ1n) is 7.51. The van der Waals surface area contributed by atoms with Gasteiger partial charge in [-0.3, -0.25) is 4.55 Å². The molecule has 1 saturated carbocycles. The molecule has 4 atom stereocenters. The Bertz CT molecular complexity index is 669. The average molecular weight is 397 g/mol. The van der Waals surface area contributed by atoms with E-state index in [9.17, 15) is 34.4 Å². The molecule has 0 radical (unpaired) electrons. The lowest BCUT2D eigenvalue weighted by atomic mass is 9.76. The van der Waals surface area contributed by atoms with Crippen molar-refractivity contribution in [3.8, 4) is 0 Å². The third-order valence-electron chi connectivity index (χ3n) is 4.79. The van der Waals surface area contributed by atoms with E-state index in [-0.39, 0.29) is 24.9 Å². The minimum atomic E-state index is -6.29. The van der Waals surface area contributed by atoms with Crippen LogP contribution < -0.4 is 0 Å². The molecule has 2 rings (SSSR count). The van der Waals surface area contributed by atoms with Crippen LogP contribution in [0.1, 0.15) is 32.1 Å². The van der Waals surface area contributed by atoms with Gasteiger partial charge < -0.3 is 0 Å². The van der Waals surface area contributed by atoms with Crippen molar-refractivity contribution < 1.29 is 39.0 Å². The summed E-state index contributed by atoms with van der Waals surface area (Å²) in [5.74, 6) is 0.221. The number of fused-ring (bicyclic) bond motifs is 1. The number of sulfonamides is 1. The van der Waals surface area contributed by atoms with Crippen LogP contribution >= 0.6 is 0 Å². The van der Waals surface area contributed by atoms with Gasteiger partial charge in [0.15, 0.2) is 0 Å². The summed E-state index contributed by atoms with van der Waals surface area (Å²) in [5.41, 5.74) is -3.78. The smallest absolute Gasteiger partial charge is 0.281 e. The normalized spacial score (nSPS) is 29.7. The van der Waals surface area contributed by atoms with Crippen molar-refractivity contribution in [3.05, 3.63) is 0 Å². The van der Waals surface area contributed by atoms with Crippen molar-refractivity contribution in [2.24, 2.45) is 11.8 Å². The third-order valence-corrected chi connectivity index (χ3v) is 7.57. The summed E-state index contributed by atoms with van der Waals surface area (Å²) >= 11 is 0. The zero-order valence-corrected chi connectivity index (χ0v) is 14.2. The van der Waals surface area contributed by atoms with Gasteiger partial charge >= 0.3 is 15.4 Å². The molecule has 142 valence electrons. The molecule has 0 aromatic heterocycles. The van der Waals surface area contributed by atoms with Gasteiger partial charge in [-0.25, -0.2) is 17.2 Å². The van der Waals surface area contributed by atoms with Crippen LogP contribution in [0.4, 0.5) is 17.6 Å². The van der Waals surface area contributed by atoms with E-state index in [1.165, 1.54) is 0 Å². The van der Waals surface area contributed by atoms with E-state index in [2.05, 4.69) is 0 Å². The summed E-state index contributed by atoms with van der Waals surface area (Å²) in [7, 11) is -11.4. The Morgan fingerprint density at radius 3 is 2.08 bits per heavy atom. The summed E-state index contributed by atoms with van der Waals surface area (Å²) in [5, 5.41) is -5.55. The monoisotopic (exact) mass is 397 g/mol. The first kappa shape index (κ1) is 19.9. The van der Waals surface area contributed by atoms with Gasteiger partial charge in [-0.1, -0.05) is 19.3 Å². The van der Waals surface area contributed by atoms with Crippen LogP contribution in [0.25, 0.3) is 0 Å². The minimum absolute atomic E-state index is 0.0466. The number of nitrogens with zero attached hydrogens (tertiary/aromatic N) is 1. The first-order chi connectivity index (χ1) is 10.9. The Labute approximate surface area is 138 Å². The van der Waals surface area contributed by atoms with Crippen molar-refractivity contribution in [2.45, 2.75) is 49.0 Å². The zero-order chi connectivity index (χ0) is 18.3. The van der Waals surface area contributed by atoms with E-state index >= 15 is 0 Å². The molecule has 1 N–H and O–H groups in total. The number of hydrogen-bond acceptors (Lipinski definition) is 4. The largest absolute Gasteiger partial charge is 0.404 e. The molecule has 0 bridgehead atoms. The van der Waals surface area contributed by atoms with Crippen molar-refractivity contribution in [1.29, 1.82) is 0 Å². The maximum absolute atomic E-state index is 13.9. The Balaban J connectivity index is 2.17. The van der Waals surface area contributed by atoms with Gasteiger partial charge in [-0.2, -0.15) is 21.5 Å². The Morgan fingerprint density at radius 1 is 1.00 bits per heavy atom. The highest BCUT2D eigenvalue weighted by Crippen LogP contribution is 2.39. The van der Waals surface area contributed by atoms with Gasteiger partial charge in [-0.15, -0.1) is 0 Å². The predicted octanol–water partition coefficient (Wildman–Crippen LogP) is 1.94. The summed E-state index contributed by atoms with van der Waals surface area (Å²) in [6.07, 6.45) is -0.296. The second kappa shape index (κ2) is 6.69. The number of rotatable bonds is 5. The van der Waals surface area contributed by atoms with Gasteiger partial charge in [-0.05, 0) is 24.7 Å². The van der Waals surface area contributed by atoms with Gasteiger partial charge in [0.05, 0.1) is 0 Å². The molecule has 6 nitrogen and oxygen atoms in total. The highest BCUT2D eigenvalue weighted by molar-refractivity contribution is 7.90. The summed E-state index contributed by atoms with van der Waals surface area (Å²) in [6.45, 7) is -0.230. The highest BCUT2D eigenvalue weighted by atomic mass is 32.2. The molecule has 1 aliphatic heterocycles. The van der Waals surface area contributed by atoms with E-state index in [4.69, 9.17) is 4.55 Å². The Kier molecular flexibility index (Phi) is 5.54. The van der Waals surface area contributed by atoms with Crippen LogP contribution in [0, 0.1) is 11.8 Å². The Morgan fingerprint density at radius 2 is 1.54 bits per heavy atom. The lowest BCUT2D eigenvalue weighted by Crippen LogP contribution is -2.53. The SMILES string of the molecule is O=S(=O)(C(F)C(F)C(F)(F)S(=O)(=O)O)N1CCC2CCCCC2C1. The maximum atomic E-state index is 13.9. The second-order valence-corrected chi connectivity index (χ2v) is 9.78. The molecule has 0 spiro atoms. The molecule has 1 heterocycles. The van der Waals surface area contributed by atoms with E-state index in [1.54, 1.807) is 0 Å². The van der Waals surface area contributed by atoms with E-state index < -0.39 is 37.1 Å². The average Bonchev–Trinajstić information content (AvgIpc) is 2.51. The van der Waals surface area contributed by atoms with Crippen LogP contribution in [0.15, 0.2) is 0 Å². The fourth-order valence-corrected chi connectivity index (χ4v) is 5.39. The van der Waals surface area contributed by atoms with Crippen LogP contribution in [-0.4, -0.2) is 55.7 Å². The third kappa shape index (κ3) is 3.56. The highest BCUT2D eigenvalue weighted by Gasteiger charge is 2.60. The van der Waals surface area contributed by atoms with Gasteiger partial charge in [0.2, 0.25) is 16.2 Å². The van der Waals surface area contributed by atoms with Crippen LogP contribution in [0.2, 0.25) is 0 Å². The minimum Gasteiger partial charge on any atom is -0.281 e. The van der Waals surface area contributed by atoms with Gasteiger partial charge in [0.25, 0.3) is 5.50 Å².